The second-order valence-electron chi connectivity index (χ2n) is 5.54. The molecule has 2 aromatic carbocycles. The number of esters is 1. The van der Waals surface area contributed by atoms with Gasteiger partial charge in [-0.1, -0.05) is 29.8 Å². The number of nitro benzene ring substituents is 1. The molecule has 0 saturated heterocycles. The Morgan fingerprint density at radius 2 is 2.04 bits per heavy atom. The summed E-state index contributed by atoms with van der Waals surface area (Å²) in [6.07, 6.45) is 1.63. The minimum absolute atomic E-state index is 0.0279. The molecule has 1 aliphatic rings. The van der Waals surface area contributed by atoms with E-state index in [4.69, 9.17) is 21.1 Å². The van der Waals surface area contributed by atoms with Crippen LogP contribution in [0.2, 0.25) is 5.02 Å². The summed E-state index contributed by atoms with van der Waals surface area (Å²) in [6, 6.07) is 11.0. The molecule has 1 aliphatic heterocycles. The van der Waals surface area contributed by atoms with Crippen molar-refractivity contribution in [1.82, 2.24) is 0 Å². The number of carbonyl (C=O) groups excluding carboxylic acids is 2. The van der Waals surface area contributed by atoms with E-state index in [1.54, 1.807) is 24.3 Å². The van der Waals surface area contributed by atoms with Crippen molar-refractivity contribution in [3.63, 3.8) is 0 Å². The van der Waals surface area contributed by atoms with Crippen molar-refractivity contribution in [2.45, 2.75) is 0 Å². The predicted molar refractivity (Wildman–Crippen MR) is 97.6 cm³/mol. The summed E-state index contributed by atoms with van der Waals surface area (Å²) >= 11 is 5.72. The van der Waals surface area contributed by atoms with Crippen LogP contribution in [0.4, 0.5) is 11.4 Å². The molecular formula is C18H13ClN2O6. The maximum atomic E-state index is 12.1. The lowest BCUT2D eigenvalue weighted by molar-refractivity contribution is -0.383. The molecule has 9 heteroatoms. The van der Waals surface area contributed by atoms with Gasteiger partial charge in [0.05, 0.1) is 10.5 Å². The number of fused-ring (bicyclic) bond motifs is 1. The van der Waals surface area contributed by atoms with Crippen LogP contribution in [0.1, 0.15) is 5.56 Å². The van der Waals surface area contributed by atoms with E-state index < -0.39 is 23.4 Å². The maximum Gasteiger partial charge on any atom is 0.338 e. The first-order valence-corrected chi connectivity index (χ1v) is 8.15. The van der Waals surface area contributed by atoms with E-state index in [9.17, 15) is 19.7 Å². The van der Waals surface area contributed by atoms with Gasteiger partial charge in [-0.05, 0) is 24.3 Å². The van der Waals surface area contributed by atoms with Crippen LogP contribution < -0.4 is 10.1 Å². The van der Waals surface area contributed by atoms with Crippen molar-refractivity contribution in [3.8, 4) is 5.75 Å². The highest BCUT2D eigenvalue weighted by atomic mass is 35.5. The van der Waals surface area contributed by atoms with E-state index in [-0.39, 0.29) is 28.6 Å². The van der Waals surface area contributed by atoms with Crippen molar-refractivity contribution in [2.24, 2.45) is 0 Å². The number of nitrogens with zero attached hydrogens (tertiary/aromatic N) is 1. The van der Waals surface area contributed by atoms with Crippen molar-refractivity contribution < 1.29 is 24.0 Å². The van der Waals surface area contributed by atoms with Crippen molar-refractivity contribution in [2.75, 3.05) is 18.5 Å². The second kappa shape index (κ2) is 7.88. The highest BCUT2D eigenvalue weighted by molar-refractivity contribution is 6.31. The fourth-order valence-electron chi connectivity index (χ4n) is 2.41. The highest BCUT2D eigenvalue weighted by Crippen LogP contribution is 2.28. The number of nitrogens with one attached hydrogen (secondary N) is 1. The molecule has 0 atom stereocenters. The lowest BCUT2D eigenvalue weighted by Gasteiger charge is -2.16. The maximum absolute atomic E-state index is 12.1. The van der Waals surface area contributed by atoms with Gasteiger partial charge in [0.2, 0.25) is 0 Å². The zero-order valence-electron chi connectivity index (χ0n) is 13.8. The van der Waals surface area contributed by atoms with Gasteiger partial charge in [0.15, 0.2) is 6.61 Å². The van der Waals surface area contributed by atoms with Crippen LogP contribution >= 0.6 is 11.6 Å². The third kappa shape index (κ3) is 4.42. The summed E-state index contributed by atoms with van der Waals surface area (Å²) in [4.78, 5) is 34.4. The van der Waals surface area contributed by atoms with Gasteiger partial charge in [-0.3, -0.25) is 14.9 Å². The number of carbonyl (C=O) groups is 2. The highest BCUT2D eigenvalue weighted by Gasteiger charge is 2.20. The third-order valence-electron chi connectivity index (χ3n) is 3.66. The van der Waals surface area contributed by atoms with Crippen LogP contribution in [0.15, 0.2) is 48.0 Å². The summed E-state index contributed by atoms with van der Waals surface area (Å²) in [7, 11) is 0. The monoisotopic (exact) mass is 388 g/mol. The lowest BCUT2D eigenvalue weighted by Crippen LogP contribution is -2.24. The molecule has 2 aromatic rings. The van der Waals surface area contributed by atoms with Crippen molar-refractivity contribution in [3.05, 3.63) is 68.7 Å². The Labute approximate surface area is 158 Å². The molecular weight excluding hydrogens is 376 g/mol. The van der Waals surface area contributed by atoms with E-state index in [0.717, 1.165) is 11.6 Å². The number of ether oxygens (including phenoxy) is 2. The fourth-order valence-corrected chi connectivity index (χ4v) is 2.57. The molecule has 138 valence electrons. The molecule has 0 bridgehead atoms. The number of benzene rings is 2. The largest absolute Gasteiger partial charge is 0.488 e. The van der Waals surface area contributed by atoms with Crippen LogP contribution in [0, 0.1) is 10.1 Å². The van der Waals surface area contributed by atoms with Crippen LogP contribution in [0.5, 0.6) is 5.75 Å². The van der Waals surface area contributed by atoms with Crippen molar-refractivity contribution in [1.29, 1.82) is 0 Å². The van der Waals surface area contributed by atoms with Gasteiger partial charge in [-0.25, -0.2) is 4.79 Å². The van der Waals surface area contributed by atoms with Crippen LogP contribution in [-0.4, -0.2) is 30.0 Å². The van der Waals surface area contributed by atoms with E-state index in [1.807, 2.05) is 6.07 Å². The van der Waals surface area contributed by atoms with E-state index in [0.29, 0.717) is 5.75 Å². The normalized spacial score (nSPS) is 12.3. The Hall–Kier alpha value is -3.39. The molecule has 0 radical (unpaired) electrons. The molecule has 1 N–H and O–H groups in total. The van der Waals surface area contributed by atoms with E-state index in [2.05, 4.69) is 5.32 Å². The average molecular weight is 389 g/mol. The quantitative estimate of drug-likeness (QED) is 0.478. The zero-order chi connectivity index (χ0) is 19.4. The molecule has 27 heavy (non-hydrogen) atoms. The minimum atomic E-state index is -0.716. The molecule has 0 aliphatic carbocycles. The number of para-hydroxylation sites is 1. The minimum Gasteiger partial charge on any atom is -0.488 e. The Kier molecular flexibility index (Phi) is 5.37. The molecule has 0 saturated carbocycles. The Bertz CT molecular complexity index is 957. The topological polar surface area (TPSA) is 108 Å². The molecule has 0 fully saturated rings. The first kappa shape index (κ1) is 18.4. The Morgan fingerprint density at radius 3 is 2.81 bits per heavy atom. The number of anilines is 1. The summed E-state index contributed by atoms with van der Waals surface area (Å²) < 4.78 is 10.4. The Morgan fingerprint density at radius 1 is 1.26 bits per heavy atom. The van der Waals surface area contributed by atoms with E-state index >= 15 is 0 Å². The van der Waals surface area contributed by atoms with Gasteiger partial charge in [0.1, 0.15) is 18.0 Å². The average Bonchev–Trinajstić information content (AvgIpc) is 2.67. The Balaban J connectivity index is 1.61. The summed E-state index contributed by atoms with van der Waals surface area (Å²) in [5.74, 6) is -0.765. The summed E-state index contributed by atoms with van der Waals surface area (Å²) in [5.41, 5.74) is 0.595. The van der Waals surface area contributed by atoms with Gasteiger partial charge in [0.25, 0.3) is 11.6 Å². The standard InChI is InChI=1S/C18H13ClN2O6/c19-13-5-6-14(15(8-13)21(24)25)20-17(22)10-27-18(23)12-7-11-3-1-2-4-16(11)26-9-12/h1-8H,9-10H2,(H,20,22). The van der Waals surface area contributed by atoms with Gasteiger partial charge in [0, 0.05) is 16.7 Å². The lowest BCUT2D eigenvalue weighted by atomic mass is 10.1. The number of nitro groups is 1. The molecule has 1 amide bonds. The second-order valence-corrected chi connectivity index (χ2v) is 5.98. The summed E-state index contributed by atoms with van der Waals surface area (Å²) in [6.45, 7) is -0.572. The SMILES string of the molecule is O=C(COC(=O)C1=Cc2ccccc2OC1)Nc1ccc(Cl)cc1[N+](=O)[O-]. The van der Waals surface area contributed by atoms with Gasteiger partial charge in [-0.2, -0.15) is 0 Å². The molecule has 0 aromatic heterocycles. The number of amides is 1. The van der Waals surface area contributed by atoms with Crippen LogP contribution in [-0.2, 0) is 14.3 Å². The van der Waals surface area contributed by atoms with Gasteiger partial charge >= 0.3 is 5.97 Å². The van der Waals surface area contributed by atoms with Gasteiger partial charge in [-0.15, -0.1) is 0 Å². The molecule has 8 nitrogen and oxygen atoms in total. The van der Waals surface area contributed by atoms with Gasteiger partial charge < -0.3 is 14.8 Å². The molecule has 1 heterocycles. The van der Waals surface area contributed by atoms with Crippen molar-refractivity contribution >= 4 is 40.9 Å². The first-order valence-electron chi connectivity index (χ1n) is 7.77. The smallest absolute Gasteiger partial charge is 0.338 e. The third-order valence-corrected chi connectivity index (χ3v) is 3.89. The fraction of sp³-hybridized carbons (Fsp3) is 0.111. The number of rotatable bonds is 5. The van der Waals surface area contributed by atoms with Crippen LogP contribution in [0.25, 0.3) is 6.08 Å². The molecule has 0 unspecified atom stereocenters. The zero-order valence-corrected chi connectivity index (χ0v) is 14.6. The summed E-state index contributed by atoms with van der Waals surface area (Å²) in [5, 5.41) is 13.5. The number of hydrogen-bond acceptors (Lipinski definition) is 6. The van der Waals surface area contributed by atoms with E-state index in [1.165, 1.54) is 12.1 Å². The molecule has 3 rings (SSSR count). The first-order chi connectivity index (χ1) is 12.9. The number of halogens is 1. The molecule has 0 spiro atoms. The predicted octanol–water partition coefficient (Wildman–Crippen LogP) is 3.21. The van der Waals surface area contributed by atoms with Crippen LogP contribution in [0.3, 0.4) is 0 Å². The number of hydrogen-bond donors (Lipinski definition) is 1.